The number of nitrogens with zero attached hydrogens (tertiary/aromatic N) is 6. The van der Waals surface area contributed by atoms with Gasteiger partial charge in [-0.2, -0.15) is 0 Å². The summed E-state index contributed by atoms with van der Waals surface area (Å²) in [4.78, 5) is 34.9. The van der Waals surface area contributed by atoms with Gasteiger partial charge in [-0.25, -0.2) is 15.0 Å². The van der Waals surface area contributed by atoms with Crippen LogP contribution in [-0.2, 0) is 0 Å². The average molecular weight is 419 g/mol. The van der Waals surface area contributed by atoms with Gasteiger partial charge in [-0.05, 0) is 37.5 Å². The van der Waals surface area contributed by atoms with Gasteiger partial charge in [0.15, 0.2) is 0 Å². The Morgan fingerprint density at radius 1 is 1.16 bits per heavy atom. The van der Waals surface area contributed by atoms with Crippen molar-refractivity contribution in [3.05, 3.63) is 59.9 Å². The van der Waals surface area contributed by atoms with Crippen molar-refractivity contribution in [3.63, 3.8) is 0 Å². The average Bonchev–Trinajstić information content (AvgIpc) is 3.28. The Labute approximate surface area is 181 Å². The molecule has 3 aromatic rings. The number of carbonyl (C=O) groups excluding carboxylic acids is 1. The molecule has 1 saturated heterocycles. The van der Waals surface area contributed by atoms with Gasteiger partial charge in [-0.15, -0.1) is 0 Å². The SMILES string of the molecule is COc1cccc(-c2cnc(N(C)C)nc2[C@H]2CCCN2C(=O)c2cnc(C)cn2)c1. The van der Waals surface area contributed by atoms with Gasteiger partial charge in [0.1, 0.15) is 11.4 Å². The van der Waals surface area contributed by atoms with Gasteiger partial charge in [-0.1, -0.05) is 12.1 Å². The zero-order valence-corrected chi connectivity index (χ0v) is 18.2. The summed E-state index contributed by atoms with van der Waals surface area (Å²) in [6.07, 6.45) is 6.72. The van der Waals surface area contributed by atoms with E-state index in [4.69, 9.17) is 9.72 Å². The van der Waals surface area contributed by atoms with Gasteiger partial charge in [-0.3, -0.25) is 9.78 Å². The first kappa shape index (κ1) is 20.7. The molecule has 0 unspecified atom stereocenters. The minimum absolute atomic E-state index is 0.128. The number of amides is 1. The molecule has 0 bridgehead atoms. The third kappa shape index (κ3) is 4.19. The summed E-state index contributed by atoms with van der Waals surface area (Å²) in [5.74, 6) is 1.24. The summed E-state index contributed by atoms with van der Waals surface area (Å²) >= 11 is 0. The molecule has 3 heterocycles. The highest BCUT2D eigenvalue weighted by molar-refractivity contribution is 5.92. The number of hydrogen-bond acceptors (Lipinski definition) is 7. The summed E-state index contributed by atoms with van der Waals surface area (Å²) in [6, 6.07) is 7.65. The lowest BCUT2D eigenvalue weighted by atomic mass is 9.99. The summed E-state index contributed by atoms with van der Waals surface area (Å²) in [5, 5.41) is 0. The van der Waals surface area contributed by atoms with E-state index in [2.05, 4.69) is 15.0 Å². The smallest absolute Gasteiger partial charge is 0.274 e. The normalized spacial score (nSPS) is 15.7. The number of ether oxygens (including phenoxy) is 1. The van der Waals surface area contributed by atoms with Crippen LogP contribution in [0.1, 0.15) is 40.8 Å². The third-order valence-corrected chi connectivity index (χ3v) is 5.42. The molecule has 0 saturated carbocycles. The predicted molar refractivity (Wildman–Crippen MR) is 118 cm³/mol. The van der Waals surface area contributed by atoms with Crippen molar-refractivity contribution in [2.24, 2.45) is 0 Å². The second-order valence-corrected chi connectivity index (χ2v) is 7.79. The van der Waals surface area contributed by atoms with Crippen LogP contribution in [0.3, 0.4) is 0 Å². The fraction of sp³-hybridized carbons (Fsp3) is 0.348. The predicted octanol–water partition coefficient (Wildman–Crippen LogP) is 3.29. The second kappa shape index (κ2) is 8.67. The fourth-order valence-electron chi connectivity index (χ4n) is 3.81. The molecule has 160 valence electrons. The monoisotopic (exact) mass is 418 g/mol. The lowest BCUT2D eigenvalue weighted by Gasteiger charge is -2.26. The summed E-state index contributed by atoms with van der Waals surface area (Å²) < 4.78 is 5.40. The van der Waals surface area contributed by atoms with E-state index in [0.29, 0.717) is 18.2 Å². The standard InChI is InChI=1S/C23H26N6O2/c1-15-12-25-19(14-24-15)22(30)29-10-6-9-20(29)21-18(13-26-23(27-21)28(2)3)16-7-5-8-17(11-16)31-4/h5,7-8,11-14,20H,6,9-10H2,1-4H3/t20-/m1/s1. The van der Waals surface area contributed by atoms with Gasteiger partial charge in [0.25, 0.3) is 5.91 Å². The maximum Gasteiger partial charge on any atom is 0.274 e. The van der Waals surface area contributed by atoms with Crippen LogP contribution in [0.5, 0.6) is 5.75 Å². The van der Waals surface area contributed by atoms with Crippen LogP contribution < -0.4 is 9.64 Å². The van der Waals surface area contributed by atoms with Crippen LogP contribution in [0.4, 0.5) is 5.95 Å². The summed E-state index contributed by atoms with van der Waals surface area (Å²) in [6.45, 7) is 2.50. The lowest BCUT2D eigenvalue weighted by molar-refractivity contribution is 0.0726. The third-order valence-electron chi connectivity index (χ3n) is 5.42. The highest BCUT2D eigenvalue weighted by Gasteiger charge is 2.34. The number of hydrogen-bond donors (Lipinski definition) is 0. The van der Waals surface area contributed by atoms with E-state index >= 15 is 0 Å². The molecule has 1 aromatic carbocycles. The van der Waals surface area contributed by atoms with Crippen molar-refractivity contribution < 1.29 is 9.53 Å². The van der Waals surface area contributed by atoms with E-state index in [0.717, 1.165) is 41.1 Å². The van der Waals surface area contributed by atoms with Crippen molar-refractivity contribution >= 4 is 11.9 Å². The highest BCUT2D eigenvalue weighted by Crippen LogP contribution is 2.38. The number of aromatic nitrogens is 4. The molecular weight excluding hydrogens is 392 g/mol. The van der Waals surface area contributed by atoms with Gasteiger partial charge in [0.2, 0.25) is 5.95 Å². The van der Waals surface area contributed by atoms with Crippen LogP contribution in [0, 0.1) is 6.92 Å². The molecule has 1 atom stereocenters. The number of carbonyl (C=O) groups is 1. The first-order valence-electron chi connectivity index (χ1n) is 10.3. The Morgan fingerprint density at radius 3 is 2.71 bits per heavy atom. The molecule has 0 spiro atoms. The number of anilines is 1. The Morgan fingerprint density at radius 2 is 2.00 bits per heavy atom. The van der Waals surface area contributed by atoms with Crippen molar-refractivity contribution in [2.45, 2.75) is 25.8 Å². The number of aryl methyl sites for hydroxylation is 1. The van der Waals surface area contributed by atoms with E-state index in [1.807, 2.05) is 61.3 Å². The molecule has 1 aliphatic heterocycles. The van der Waals surface area contributed by atoms with E-state index in [1.165, 1.54) is 0 Å². The van der Waals surface area contributed by atoms with Crippen LogP contribution in [0.25, 0.3) is 11.1 Å². The molecular formula is C23H26N6O2. The van der Waals surface area contributed by atoms with Crippen molar-refractivity contribution in [2.75, 3.05) is 32.6 Å². The quantitative estimate of drug-likeness (QED) is 0.628. The molecule has 4 rings (SSSR count). The molecule has 0 radical (unpaired) electrons. The molecule has 1 amide bonds. The minimum atomic E-state index is -0.168. The molecule has 0 aliphatic carbocycles. The number of rotatable bonds is 5. The first-order chi connectivity index (χ1) is 15.0. The first-order valence-corrected chi connectivity index (χ1v) is 10.3. The maximum absolute atomic E-state index is 13.3. The zero-order valence-electron chi connectivity index (χ0n) is 18.2. The van der Waals surface area contributed by atoms with E-state index < -0.39 is 0 Å². The Kier molecular flexibility index (Phi) is 5.79. The minimum Gasteiger partial charge on any atom is -0.497 e. The molecule has 1 aliphatic rings. The van der Waals surface area contributed by atoms with E-state index in [-0.39, 0.29) is 11.9 Å². The number of methoxy groups -OCH3 is 1. The molecule has 1 fully saturated rings. The summed E-state index contributed by atoms with van der Waals surface area (Å²) in [7, 11) is 5.46. The topological polar surface area (TPSA) is 84.3 Å². The van der Waals surface area contributed by atoms with Crippen molar-refractivity contribution in [3.8, 4) is 16.9 Å². The molecule has 0 N–H and O–H groups in total. The van der Waals surface area contributed by atoms with Gasteiger partial charge >= 0.3 is 0 Å². The van der Waals surface area contributed by atoms with E-state index in [9.17, 15) is 4.79 Å². The van der Waals surface area contributed by atoms with Crippen LogP contribution in [0.15, 0.2) is 42.9 Å². The summed E-state index contributed by atoms with van der Waals surface area (Å²) in [5.41, 5.74) is 3.81. The van der Waals surface area contributed by atoms with Crippen molar-refractivity contribution in [1.29, 1.82) is 0 Å². The Bertz CT molecular complexity index is 1080. The zero-order chi connectivity index (χ0) is 22.0. The number of benzene rings is 1. The van der Waals surface area contributed by atoms with Gasteiger partial charge < -0.3 is 14.5 Å². The van der Waals surface area contributed by atoms with Crippen LogP contribution in [0.2, 0.25) is 0 Å². The van der Waals surface area contributed by atoms with Gasteiger partial charge in [0, 0.05) is 38.6 Å². The second-order valence-electron chi connectivity index (χ2n) is 7.79. The molecule has 31 heavy (non-hydrogen) atoms. The van der Waals surface area contributed by atoms with Crippen molar-refractivity contribution in [1.82, 2.24) is 24.8 Å². The largest absolute Gasteiger partial charge is 0.497 e. The molecule has 8 nitrogen and oxygen atoms in total. The van der Waals surface area contributed by atoms with Crippen LogP contribution in [-0.4, -0.2) is 58.5 Å². The fourth-order valence-corrected chi connectivity index (χ4v) is 3.81. The van der Waals surface area contributed by atoms with E-state index in [1.54, 1.807) is 19.5 Å². The number of likely N-dealkylation sites (tertiary alicyclic amines) is 1. The maximum atomic E-state index is 13.3. The van der Waals surface area contributed by atoms with Crippen LogP contribution >= 0.6 is 0 Å². The Hall–Kier alpha value is -3.55. The Balaban J connectivity index is 1.78. The molecule has 8 heteroatoms. The highest BCUT2D eigenvalue weighted by atomic mass is 16.5. The molecule has 2 aromatic heterocycles. The van der Waals surface area contributed by atoms with Gasteiger partial charge in [0.05, 0.1) is 30.7 Å². The lowest BCUT2D eigenvalue weighted by Crippen LogP contribution is -2.32.